The fourth-order valence-electron chi connectivity index (χ4n) is 5.09. The molecule has 0 saturated carbocycles. The average Bonchev–Trinajstić information content (AvgIpc) is 3.49. The van der Waals surface area contributed by atoms with Gasteiger partial charge in [-0.2, -0.15) is 5.10 Å². The Kier molecular flexibility index (Phi) is 8.15. The predicted octanol–water partition coefficient (Wildman–Crippen LogP) is 5.01. The van der Waals surface area contributed by atoms with Crippen molar-refractivity contribution < 1.29 is 27.4 Å². The summed E-state index contributed by atoms with van der Waals surface area (Å²) in [5.74, 6) is -4.11. The van der Waals surface area contributed by atoms with Gasteiger partial charge in [0.2, 0.25) is 5.95 Å². The van der Waals surface area contributed by atoms with Crippen LogP contribution in [0.1, 0.15) is 57.7 Å². The van der Waals surface area contributed by atoms with E-state index in [2.05, 4.69) is 36.3 Å². The van der Waals surface area contributed by atoms with Gasteiger partial charge in [-0.25, -0.2) is 27.6 Å². The van der Waals surface area contributed by atoms with E-state index >= 15 is 0 Å². The van der Waals surface area contributed by atoms with Gasteiger partial charge in [-0.05, 0) is 67.6 Å². The molecule has 41 heavy (non-hydrogen) atoms. The molecule has 220 valence electrons. The fourth-order valence-corrected chi connectivity index (χ4v) is 5.59. The van der Waals surface area contributed by atoms with E-state index < -0.39 is 46.7 Å². The molecule has 0 spiro atoms. The quantitative estimate of drug-likeness (QED) is 0.378. The molecule has 3 atom stereocenters. The van der Waals surface area contributed by atoms with Crippen LogP contribution in [0.15, 0.2) is 33.9 Å². The lowest BCUT2D eigenvalue weighted by molar-refractivity contribution is -0.0396. The smallest absolute Gasteiger partial charge is 0.407 e. The number of nitrogens with zero attached hydrogens (tertiary/aromatic N) is 4. The van der Waals surface area contributed by atoms with Gasteiger partial charge in [0.25, 0.3) is 5.56 Å². The van der Waals surface area contributed by atoms with Gasteiger partial charge in [0.15, 0.2) is 11.6 Å². The fraction of sp³-hybridized carbons (Fsp3) is 0.481. The summed E-state index contributed by atoms with van der Waals surface area (Å²) in [5, 5.41) is 7.16. The number of nitrogens with one attached hydrogen (secondary N) is 2. The van der Waals surface area contributed by atoms with Gasteiger partial charge < -0.3 is 19.7 Å². The van der Waals surface area contributed by atoms with Crippen molar-refractivity contribution in [3.8, 4) is 11.1 Å². The predicted molar refractivity (Wildman–Crippen MR) is 147 cm³/mol. The molecular formula is C27H30BrF3N6O4. The molecule has 3 aromatic rings. The van der Waals surface area contributed by atoms with E-state index in [1.165, 1.54) is 6.20 Å². The summed E-state index contributed by atoms with van der Waals surface area (Å²) in [6.45, 7) is 5.86. The van der Waals surface area contributed by atoms with E-state index in [0.29, 0.717) is 22.8 Å². The van der Waals surface area contributed by atoms with Crippen molar-refractivity contribution in [3.63, 3.8) is 0 Å². The molecule has 0 aliphatic carbocycles. The highest BCUT2D eigenvalue weighted by Crippen LogP contribution is 2.34. The van der Waals surface area contributed by atoms with Crippen LogP contribution < -0.4 is 15.8 Å². The van der Waals surface area contributed by atoms with Gasteiger partial charge in [0, 0.05) is 49.6 Å². The lowest BCUT2D eigenvalue weighted by Gasteiger charge is -2.24. The summed E-state index contributed by atoms with van der Waals surface area (Å²) in [6.07, 6.45) is 4.99. The third kappa shape index (κ3) is 6.43. The van der Waals surface area contributed by atoms with Crippen LogP contribution in [0.4, 0.5) is 23.9 Å². The minimum Gasteiger partial charge on any atom is -0.444 e. The largest absolute Gasteiger partial charge is 0.444 e. The van der Waals surface area contributed by atoms with Crippen molar-refractivity contribution in [3.05, 3.63) is 62.5 Å². The molecule has 4 heterocycles. The lowest BCUT2D eigenvalue weighted by Crippen LogP contribution is -2.43. The highest BCUT2D eigenvalue weighted by Gasteiger charge is 2.39. The molecule has 2 saturated heterocycles. The first-order valence-corrected chi connectivity index (χ1v) is 14.0. The number of hydrogen-bond acceptors (Lipinski definition) is 7. The van der Waals surface area contributed by atoms with E-state index in [1.807, 2.05) is 0 Å². The Balaban J connectivity index is 1.42. The zero-order valence-electron chi connectivity index (χ0n) is 22.7. The molecule has 10 nitrogen and oxygen atoms in total. The van der Waals surface area contributed by atoms with E-state index in [1.54, 1.807) is 36.5 Å². The number of carbonyl (C=O) groups is 1. The van der Waals surface area contributed by atoms with Gasteiger partial charge in [0.05, 0.1) is 11.6 Å². The van der Waals surface area contributed by atoms with Crippen LogP contribution in [0.5, 0.6) is 0 Å². The molecule has 5 rings (SSSR count). The Morgan fingerprint density at radius 1 is 1.15 bits per heavy atom. The van der Waals surface area contributed by atoms with Crippen molar-refractivity contribution in [2.24, 2.45) is 0 Å². The van der Waals surface area contributed by atoms with Gasteiger partial charge in [-0.15, -0.1) is 0 Å². The number of H-pyrrole nitrogens is 1. The van der Waals surface area contributed by atoms with Gasteiger partial charge in [-0.3, -0.25) is 9.78 Å². The number of hydrogen-bond donors (Lipinski definition) is 2. The van der Waals surface area contributed by atoms with Crippen molar-refractivity contribution >= 4 is 28.0 Å². The van der Waals surface area contributed by atoms with Gasteiger partial charge in [0.1, 0.15) is 22.2 Å². The highest BCUT2D eigenvalue weighted by molar-refractivity contribution is 9.10. The van der Waals surface area contributed by atoms with Crippen molar-refractivity contribution in [2.45, 2.75) is 63.8 Å². The first-order valence-electron chi connectivity index (χ1n) is 13.2. The standard InChI is InChI=1S/C27H30BrF3N6O4/c1-27(2,3)41-26(39)33-21-13-36(11-16(21)14-8-19(30)20(31)9-18(14)29)25-32-10-15(24(38)34-25)17-12-37(35-23(17)28)22-6-4-5-7-40-22/h8-10,12,16,21-22H,4-7,11,13H2,1-3H3,(H,33,39)(H,32,34,38)/t16-,21+,22?/m1/s1. The van der Waals surface area contributed by atoms with Crippen LogP contribution in [0, 0.1) is 17.5 Å². The third-order valence-corrected chi connectivity index (χ3v) is 7.56. The van der Waals surface area contributed by atoms with Crippen LogP contribution in [0.2, 0.25) is 0 Å². The SMILES string of the molecule is CC(C)(C)OC(=O)N[C@H]1CN(c2ncc(-c3cn(C4CCCCO4)nc3Br)c(=O)[nH]2)C[C@@H]1c1cc(F)c(F)cc1F. The van der Waals surface area contributed by atoms with Crippen molar-refractivity contribution in [1.29, 1.82) is 0 Å². The Hall–Kier alpha value is -3.39. The van der Waals surface area contributed by atoms with Crippen LogP contribution in [0.3, 0.4) is 0 Å². The molecule has 14 heteroatoms. The van der Waals surface area contributed by atoms with Crippen LogP contribution in [0.25, 0.3) is 11.1 Å². The second-order valence-electron chi connectivity index (χ2n) is 11.1. The molecule has 1 amide bonds. The second-order valence-corrected chi connectivity index (χ2v) is 11.9. The second kappa shape index (κ2) is 11.5. The first-order chi connectivity index (χ1) is 19.4. The summed E-state index contributed by atoms with van der Waals surface area (Å²) in [6, 6.07) is 0.494. The number of anilines is 1. The maximum absolute atomic E-state index is 14.8. The number of rotatable bonds is 5. The normalized spacial score (nSPS) is 21.2. The van der Waals surface area contributed by atoms with E-state index in [9.17, 15) is 22.8 Å². The van der Waals surface area contributed by atoms with Gasteiger partial charge >= 0.3 is 6.09 Å². The number of aromatic amines is 1. The Bertz CT molecular complexity index is 1500. The Morgan fingerprint density at radius 2 is 1.90 bits per heavy atom. The van der Waals surface area contributed by atoms with E-state index in [0.717, 1.165) is 25.3 Å². The van der Waals surface area contributed by atoms with E-state index in [-0.39, 0.29) is 36.4 Å². The summed E-state index contributed by atoms with van der Waals surface area (Å²) in [5.41, 5.74) is -0.550. The van der Waals surface area contributed by atoms with E-state index in [4.69, 9.17) is 9.47 Å². The zero-order chi connectivity index (χ0) is 29.5. The van der Waals surface area contributed by atoms with Crippen LogP contribution >= 0.6 is 15.9 Å². The first kappa shape index (κ1) is 29.1. The third-order valence-electron chi connectivity index (χ3n) is 6.97. The number of amides is 1. The molecule has 2 aliphatic heterocycles. The minimum atomic E-state index is -1.32. The number of alkyl carbamates (subject to hydrolysis) is 1. The summed E-state index contributed by atoms with van der Waals surface area (Å²) in [4.78, 5) is 34.6. The molecule has 1 unspecified atom stereocenters. The molecule has 2 aliphatic rings. The lowest BCUT2D eigenvalue weighted by atomic mass is 9.93. The van der Waals surface area contributed by atoms with Crippen molar-refractivity contribution in [2.75, 3.05) is 24.6 Å². The zero-order valence-corrected chi connectivity index (χ0v) is 24.3. The molecular weight excluding hydrogens is 609 g/mol. The molecule has 1 aromatic carbocycles. The number of aromatic nitrogens is 4. The van der Waals surface area contributed by atoms with Crippen LogP contribution in [-0.2, 0) is 9.47 Å². The Labute approximate surface area is 242 Å². The summed E-state index contributed by atoms with van der Waals surface area (Å²) >= 11 is 3.42. The van der Waals surface area contributed by atoms with Crippen LogP contribution in [-0.4, -0.2) is 57.2 Å². The highest BCUT2D eigenvalue weighted by atomic mass is 79.9. The monoisotopic (exact) mass is 638 g/mol. The minimum absolute atomic E-state index is 0.0470. The summed E-state index contributed by atoms with van der Waals surface area (Å²) < 4.78 is 55.8. The topological polar surface area (TPSA) is 114 Å². The number of benzene rings is 1. The molecule has 2 N–H and O–H groups in total. The molecule has 2 aromatic heterocycles. The van der Waals surface area contributed by atoms with Crippen molar-refractivity contribution in [1.82, 2.24) is 25.1 Å². The maximum Gasteiger partial charge on any atom is 0.407 e. The number of carbonyl (C=O) groups excluding carboxylic acids is 1. The molecule has 2 fully saturated rings. The summed E-state index contributed by atoms with van der Waals surface area (Å²) in [7, 11) is 0. The maximum atomic E-state index is 14.8. The van der Waals surface area contributed by atoms with Gasteiger partial charge in [-0.1, -0.05) is 0 Å². The molecule has 0 bridgehead atoms. The Morgan fingerprint density at radius 3 is 2.59 bits per heavy atom. The number of halogens is 4. The molecule has 0 radical (unpaired) electrons. The number of ether oxygens (including phenoxy) is 2. The average molecular weight is 639 g/mol.